The maximum atomic E-state index is 11.9. The van der Waals surface area contributed by atoms with Gasteiger partial charge in [0.25, 0.3) is 0 Å². The molecule has 1 heterocycles. The summed E-state index contributed by atoms with van der Waals surface area (Å²) in [5, 5.41) is 6.21. The fraction of sp³-hybridized carbons (Fsp3) is 0.500. The summed E-state index contributed by atoms with van der Waals surface area (Å²) in [5.74, 6) is 0.935. The number of carbonyl (C=O) groups is 1. The average molecular weight is 285 g/mol. The molecule has 1 aromatic rings. The van der Waals surface area contributed by atoms with Crippen LogP contribution < -0.4 is 15.4 Å². The van der Waals surface area contributed by atoms with Crippen molar-refractivity contribution in [3.8, 4) is 5.75 Å². The van der Waals surface area contributed by atoms with E-state index in [1.54, 1.807) is 7.11 Å². The summed E-state index contributed by atoms with van der Waals surface area (Å²) < 4.78 is 5.09. The van der Waals surface area contributed by atoms with E-state index in [4.69, 9.17) is 4.74 Å². The number of amides is 1. The largest absolute Gasteiger partial charge is 0.497 e. The van der Waals surface area contributed by atoms with Crippen LogP contribution in [-0.4, -0.2) is 25.6 Å². The van der Waals surface area contributed by atoms with E-state index in [9.17, 15) is 4.79 Å². The maximum Gasteiger partial charge on any atom is 0.237 e. The van der Waals surface area contributed by atoms with Gasteiger partial charge in [0.1, 0.15) is 5.75 Å². The summed E-state index contributed by atoms with van der Waals surface area (Å²) in [4.78, 5) is 11.9. The highest BCUT2D eigenvalue weighted by Crippen LogP contribution is 2.11. The quantitative estimate of drug-likeness (QED) is 0.888. The van der Waals surface area contributed by atoms with Crippen molar-refractivity contribution in [3.63, 3.8) is 0 Å². The van der Waals surface area contributed by atoms with Crippen LogP contribution in [-0.2, 0) is 11.3 Å². The molecule has 1 amide bonds. The zero-order chi connectivity index (χ0) is 12.8. The molecular formula is C14H21ClN2O2. The predicted molar refractivity (Wildman–Crippen MR) is 77.7 cm³/mol. The van der Waals surface area contributed by atoms with Crippen molar-refractivity contribution in [1.82, 2.24) is 10.6 Å². The molecular weight excluding hydrogens is 264 g/mol. The Bertz CT molecular complexity index is 389. The van der Waals surface area contributed by atoms with Crippen molar-refractivity contribution in [1.29, 1.82) is 0 Å². The number of ether oxygens (including phenoxy) is 1. The highest BCUT2D eigenvalue weighted by Gasteiger charge is 2.19. The first-order valence-electron chi connectivity index (χ1n) is 6.43. The summed E-state index contributed by atoms with van der Waals surface area (Å²) in [6.07, 6.45) is 3.24. The molecule has 0 aromatic heterocycles. The van der Waals surface area contributed by atoms with Gasteiger partial charge in [0.05, 0.1) is 13.2 Å². The molecule has 0 bridgehead atoms. The third-order valence-electron chi connectivity index (χ3n) is 3.25. The van der Waals surface area contributed by atoms with Gasteiger partial charge >= 0.3 is 0 Å². The molecule has 0 spiro atoms. The van der Waals surface area contributed by atoms with Crippen molar-refractivity contribution in [2.24, 2.45) is 0 Å². The molecule has 1 aliphatic heterocycles. The lowest BCUT2D eigenvalue weighted by molar-refractivity contribution is -0.123. The highest BCUT2D eigenvalue weighted by atomic mass is 35.5. The topological polar surface area (TPSA) is 50.4 Å². The zero-order valence-electron chi connectivity index (χ0n) is 11.1. The molecule has 19 heavy (non-hydrogen) atoms. The van der Waals surface area contributed by atoms with Crippen LogP contribution in [0.15, 0.2) is 24.3 Å². The number of hydrogen-bond acceptors (Lipinski definition) is 3. The Morgan fingerprint density at radius 1 is 1.37 bits per heavy atom. The molecule has 5 heteroatoms. The molecule has 1 atom stereocenters. The van der Waals surface area contributed by atoms with E-state index in [1.165, 1.54) is 6.42 Å². The molecule has 0 radical (unpaired) electrons. The SMILES string of the molecule is COc1ccc(CNC(=O)[C@@H]2CCCCN2)cc1.Cl. The molecule has 0 aliphatic carbocycles. The Kier molecular flexibility index (Phi) is 6.67. The number of halogens is 1. The monoisotopic (exact) mass is 284 g/mol. The third-order valence-corrected chi connectivity index (χ3v) is 3.25. The second-order valence-corrected chi connectivity index (χ2v) is 4.57. The molecule has 1 aromatic carbocycles. The first kappa shape index (κ1) is 15.8. The van der Waals surface area contributed by atoms with Crippen LogP contribution in [0.3, 0.4) is 0 Å². The molecule has 1 fully saturated rings. The van der Waals surface area contributed by atoms with Crippen LogP contribution in [0.4, 0.5) is 0 Å². The van der Waals surface area contributed by atoms with Gasteiger partial charge in [-0.25, -0.2) is 0 Å². The number of methoxy groups -OCH3 is 1. The van der Waals surface area contributed by atoms with Crippen LogP contribution in [0.1, 0.15) is 24.8 Å². The number of benzene rings is 1. The summed E-state index contributed by atoms with van der Waals surface area (Å²) >= 11 is 0. The number of piperidine rings is 1. The molecule has 0 saturated carbocycles. The average Bonchev–Trinajstić information content (AvgIpc) is 2.46. The Morgan fingerprint density at radius 3 is 2.68 bits per heavy atom. The van der Waals surface area contributed by atoms with E-state index in [0.29, 0.717) is 6.54 Å². The van der Waals surface area contributed by atoms with Crippen molar-refractivity contribution in [3.05, 3.63) is 29.8 Å². The van der Waals surface area contributed by atoms with E-state index < -0.39 is 0 Å². The lowest BCUT2D eigenvalue weighted by atomic mass is 10.0. The highest BCUT2D eigenvalue weighted by molar-refractivity contribution is 5.85. The van der Waals surface area contributed by atoms with Crippen LogP contribution in [0.2, 0.25) is 0 Å². The van der Waals surface area contributed by atoms with Crippen LogP contribution >= 0.6 is 12.4 Å². The van der Waals surface area contributed by atoms with E-state index in [1.807, 2.05) is 24.3 Å². The van der Waals surface area contributed by atoms with E-state index in [-0.39, 0.29) is 24.4 Å². The van der Waals surface area contributed by atoms with Crippen molar-refractivity contribution in [2.45, 2.75) is 31.8 Å². The molecule has 0 unspecified atom stereocenters. The Balaban J connectivity index is 0.00000180. The van der Waals surface area contributed by atoms with Crippen LogP contribution in [0, 0.1) is 0 Å². The Morgan fingerprint density at radius 2 is 2.11 bits per heavy atom. The van der Waals surface area contributed by atoms with Gasteiger partial charge in [0, 0.05) is 6.54 Å². The van der Waals surface area contributed by atoms with E-state index in [2.05, 4.69) is 10.6 Å². The van der Waals surface area contributed by atoms with Crippen molar-refractivity contribution >= 4 is 18.3 Å². The predicted octanol–water partition coefficient (Wildman–Crippen LogP) is 1.88. The standard InChI is InChI=1S/C14H20N2O2.ClH/c1-18-12-7-5-11(6-8-12)10-16-14(17)13-4-2-3-9-15-13;/h5-8,13,15H,2-4,9-10H2,1H3,(H,16,17);1H/t13-;/m0./s1. The summed E-state index contributed by atoms with van der Waals surface area (Å²) in [5.41, 5.74) is 1.08. The lowest BCUT2D eigenvalue weighted by Gasteiger charge is -2.22. The van der Waals surface area contributed by atoms with Crippen molar-refractivity contribution < 1.29 is 9.53 Å². The number of nitrogens with one attached hydrogen (secondary N) is 2. The van der Waals surface area contributed by atoms with Gasteiger partial charge < -0.3 is 15.4 Å². The summed E-state index contributed by atoms with van der Waals surface area (Å²) in [7, 11) is 1.64. The lowest BCUT2D eigenvalue weighted by Crippen LogP contribution is -2.46. The fourth-order valence-corrected chi connectivity index (χ4v) is 2.13. The summed E-state index contributed by atoms with van der Waals surface area (Å²) in [6, 6.07) is 7.72. The minimum atomic E-state index is -0.0167. The summed E-state index contributed by atoms with van der Waals surface area (Å²) in [6.45, 7) is 1.52. The Hall–Kier alpha value is -1.26. The van der Waals surface area contributed by atoms with Gasteiger partial charge in [0.2, 0.25) is 5.91 Å². The van der Waals surface area contributed by atoms with Gasteiger partial charge in [-0.05, 0) is 37.1 Å². The van der Waals surface area contributed by atoms with Gasteiger partial charge in [-0.15, -0.1) is 12.4 Å². The number of rotatable bonds is 4. The minimum Gasteiger partial charge on any atom is -0.497 e. The van der Waals surface area contributed by atoms with Gasteiger partial charge in [0.15, 0.2) is 0 Å². The molecule has 2 N–H and O–H groups in total. The minimum absolute atomic E-state index is 0. The van der Waals surface area contributed by atoms with Crippen LogP contribution in [0.25, 0.3) is 0 Å². The van der Waals surface area contributed by atoms with Gasteiger partial charge in [-0.3, -0.25) is 4.79 Å². The Labute approximate surface area is 120 Å². The maximum absolute atomic E-state index is 11.9. The zero-order valence-corrected chi connectivity index (χ0v) is 12.0. The van der Waals surface area contributed by atoms with E-state index in [0.717, 1.165) is 30.7 Å². The van der Waals surface area contributed by atoms with Gasteiger partial charge in [-0.1, -0.05) is 18.6 Å². The normalized spacial score (nSPS) is 18.3. The number of carbonyl (C=O) groups excluding carboxylic acids is 1. The smallest absolute Gasteiger partial charge is 0.237 e. The second-order valence-electron chi connectivity index (χ2n) is 4.57. The molecule has 4 nitrogen and oxygen atoms in total. The third kappa shape index (κ3) is 4.73. The molecule has 1 saturated heterocycles. The molecule has 2 rings (SSSR count). The second kappa shape index (κ2) is 8.02. The van der Waals surface area contributed by atoms with Crippen molar-refractivity contribution in [2.75, 3.05) is 13.7 Å². The van der Waals surface area contributed by atoms with Gasteiger partial charge in [-0.2, -0.15) is 0 Å². The van der Waals surface area contributed by atoms with Crippen LogP contribution in [0.5, 0.6) is 5.75 Å². The molecule has 106 valence electrons. The first-order valence-corrected chi connectivity index (χ1v) is 6.43. The fourth-order valence-electron chi connectivity index (χ4n) is 2.13. The number of hydrogen-bond donors (Lipinski definition) is 2. The first-order chi connectivity index (χ1) is 8.79. The van der Waals surface area contributed by atoms with E-state index >= 15 is 0 Å². The molecule has 1 aliphatic rings.